The van der Waals surface area contributed by atoms with E-state index < -0.39 is 0 Å². The van der Waals surface area contributed by atoms with Crippen LogP contribution < -0.4 is 10.6 Å². The highest BCUT2D eigenvalue weighted by Gasteiger charge is 2.26. The molecule has 3 heterocycles. The van der Waals surface area contributed by atoms with Gasteiger partial charge in [0.15, 0.2) is 0 Å². The van der Waals surface area contributed by atoms with Gasteiger partial charge in [0.25, 0.3) is 5.91 Å². The van der Waals surface area contributed by atoms with E-state index in [2.05, 4.69) is 31.3 Å². The molecule has 0 aliphatic carbocycles. The molecule has 4 rings (SSSR count). The standard InChI is InChI=1S/C17H18N8O2/c26-16(10-24-11-19-22-23-24)20-13-6-14-7-15(21-25(14)9-13)17(27)18-8-12-4-2-1-3-5-12/h1-5,7,11,13H,6,8-10H2,(H,18,27)(H,20,26)/t13-/m0/s1. The summed E-state index contributed by atoms with van der Waals surface area (Å²) < 4.78 is 3.12. The predicted octanol–water partition coefficient (Wildman–Crippen LogP) is -0.459. The Morgan fingerprint density at radius 1 is 1.22 bits per heavy atom. The molecule has 27 heavy (non-hydrogen) atoms. The third kappa shape index (κ3) is 4.00. The van der Waals surface area contributed by atoms with Crippen LogP contribution in [0.25, 0.3) is 0 Å². The van der Waals surface area contributed by atoms with Crippen LogP contribution in [0.1, 0.15) is 21.7 Å². The van der Waals surface area contributed by atoms with Crippen molar-refractivity contribution in [2.24, 2.45) is 0 Å². The maximum absolute atomic E-state index is 12.3. The van der Waals surface area contributed by atoms with E-state index in [0.717, 1.165) is 11.3 Å². The molecule has 1 aliphatic heterocycles. The van der Waals surface area contributed by atoms with Crippen molar-refractivity contribution in [1.82, 2.24) is 40.6 Å². The van der Waals surface area contributed by atoms with E-state index in [9.17, 15) is 9.59 Å². The number of amides is 2. The first-order valence-electron chi connectivity index (χ1n) is 8.56. The molecule has 3 aromatic rings. The van der Waals surface area contributed by atoms with Gasteiger partial charge in [0.2, 0.25) is 5.91 Å². The molecular formula is C17H18N8O2. The van der Waals surface area contributed by atoms with E-state index in [1.54, 1.807) is 10.7 Å². The van der Waals surface area contributed by atoms with Gasteiger partial charge in [0.05, 0.1) is 12.6 Å². The summed E-state index contributed by atoms with van der Waals surface area (Å²) in [4.78, 5) is 24.3. The Morgan fingerprint density at radius 3 is 2.81 bits per heavy atom. The number of benzene rings is 1. The SMILES string of the molecule is O=C(Cn1cnnn1)N[C@H]1Cc2cc(C(=O)NCc3ccccc3)nn2C1. The Kier molecular flexibility index (Phi) is 4.60. The van der Waals surface area contributed by atoms with Crippen molar-refractivity contribution in [2.45, 2.75) is 32.1 Å². The van der Waals surface area contributed by atoms with E-state index in [1.165, 1.54) is 11.0 Å². The summed E-state index contributed by atoms with van der Waals surface area (Å²) in [5.74, 6) is -0.376. The molecule has 10 nitrogen and oxygen atoms in total. The molecule has 1 aliphatic rings. The summed E-state index contributed by atoms with van der Waals surface area (Å²) in [6.45, 7) is 1.05. The maximum Gasteiger partial charge on any atom is 0.272 e. The largest absolute Gasteiger partial charge is 0.349 e. The smallest absolute Gasteiger partial charge is 0.272 e. The van der Waals surface area contributed by atoms with Crippen molar-refractivity contribution in [3.05, 3.63) is 59.7 Å². The zero-order valence-electron chi connectivity index (χ0n) is 14.4. The van der Waals surface area contributed by atoms with Crippen molar-refractivity contribution >= 4 is 11.8 Å². The van der Waals surface area contributed by atoms with Gasteiger partial charge < -0.3 is 10.6 Å². The minimum Gasteiger partial charge on any atom is -0.349 e. The molecule has 2 amide bonds. The summed E-state index contributed by atoms with van der Waals surface area (Å²) in [5, 5.41) is 20.8. The number of aromatic nitrogens is 6. The lowest BCUT2D eigenvalue weighted by Gasteiger charge is -2.11. The maximum atomic E-state index is 12.3. The molecule has 0 radical (unpaired) electrons. The Balaban J connectivity index is 1.29. The number of nitrogens with zero attached hydrogens (tertiary/aromatic N) is 6. The second-order valence-corrected chi connectivity index (χ2v) is 6.35. The molecule has 0 fully saturated rings. The van der Waals surface area contributed by atoms with Gasteiger partial charge in [-0.05, 0) is 22.1 Å². The number of hydrogen-bond donors (Lipinski definition) is 2. The van der Waals surface area contributed by atoms with Crippen molar-refractivity contribution in [1.29, 1.82) is 0 Å². The average molecular weight is 366 g/mol. The zero-order chi connectivity index (χ0) is 18.6. The first-order valence-corrected chi connectivity index (χ1v) is 8.56. The fraction of sp³-hybridized carbons (Fsp3) is 0.294. The Morgan fingerprint density at radius 2 is 2.07 bits per heavy atom. The zero-order valence-corrected chi connectivity index (χ0v) is 14.4. The first-order chi connectivity index (χ1) is 13.2. The van der Waals surface area contributed by atoms with Crippen LogP contribution in [0.2, 0.25) is 0 Å². The molecule has 1 atom stereocenters. The fourth-order valence-electron chi connectivity index (χ4n) is 3.05. The normalized spacial score (nSPS) is 15.3. The molecule has 0 saturated carbocycles. The minimum atomic E-state index is -0.208. The Hall–Kier alpha value is -3.56. The fourth-order valence-corrected chi connectivity index (χ4v) is 3.05. The van der Waals surface area contributed by atoms with Crippen molar-refractivity contribution in [3.8, 4) is 0 Å². The summed E-state index contributed by atoms with van der Waals surface area (Å²) in [6, 6.07) is 11.4. The van der Waals surface area contributed by atoms with Gasteiger partial charge >= 0.3 is 0 Å². The van der Waals surface area contributed by atoms with Crippen LogP contribution in [0, 0.1) is 0 Å². The lowest BCUT2D eigenvalue weighted by molar-refractivity contribution is -0.122. The van der Waals surface area contributed by atoms with Crippen LogP contribution in [-0.2, 0) is 30.8 Å². The van der Waals surface area contributed by atoms with Gasteiger partial charge in [-0.1, -0.05) is 30.3 Å². The van der Waals surface area contributed by atoms with E-state index in [0.29, 0.717) is 25.2 Å². The molecule has 0 saturated heterocycles. The van der Waals surface area contributed by atoms with Gasteiger partial charge in [-0.15, -0.1) is 5.10 Å². The number of tetrazole rings is 1. The van der Waals surface area contributed by atoms with E-state index in [-0.39, 0.29) is 24.4 Å². The van der Waals surface area contributed by atoms with Crippen molar-refractivity contribution in [3.63, 3.8) is 0 Å². The highest BCUT2D eigenvalue weighted by molar-refractivity contribution is 5.92. The molecule has 138 valence electrons. The molecule has 0 bridgehead atoms. The van der Waals surface area contributed by atoms with E-state index in [4.69, 9.17) is 0 Å². The second-order valence-electron chi connectivity index (χ2n) is 6.35. The van der Waals surface area contributed by atoms with Gasteiger partial charge in [0.1, 0.15) is 18.6 Å². The molecule has 2 N–H and O–H groups in total. The highest BCUT2D eigenvalue weighted by atomic mass is 16.2. The third-order valence-corrected chi connectivity index (χ3v) is 4.30. The lowest BCUT2D eigenvalue weighted by Crippen LogP contribution is -2.38. The molecular weight excluding hydrogens is 348 g/mol. The monoisotopic (exact) mass is 366 g/mol. The van der Waals surface area contributed by atoms with Gasteiger partial charge in [-0.25, -0.2) is 4.68 Å². The van der Waals surface area contributed by atoms with Crippen LogP contribution in [-0.4, -0.2) is 47.8 Å². The summed E-state index contributed by atoms with van der Waals surface area (Å²) in [7, 11) is 0. The molecule has 0 unspecified atom stereocenters. The summed E-state index contributed by atoms with van der Waals surface area (Å²) in [5.41, 5.74) is 2.34. The van der Waals surface area contributed by atoms with Crippen LogP contribution in [0.5, 0.6) is 0 Å². The quantitative estimate of drug-likeness (QED) is 0.609. The average Bonchev–Trinajstić information content (AvgIpc) is 3.37. The Bertz CT molecular complexity index is 912. The molecule has 1 aromatic carbocycles. The lowest BCUT2D eigenvalue weighted by atomic mass is 10.2. The van der Waals surface area contributed by atoms with E-state index >= 15 is 0 Å². The molecule has 10 heteroatoms. The van der Waals surface area contributed by atoms with E-state index in [1.807, 2.05) is 30.3 Å². The van der Waals surface area contributed by atoms with Crippen LogP contribution >= 0.6 is 0 Å². The second kappa shape index (κ2) is 7.36. The van der Waals surface area contributed by atoms with Crippen molar-refractivity contribution in [2.75, 3.05) is 0 Å². The number of rotatable bonds is 6. The topological polar surface area (TPSA) is 120 Å². The van der Waals surface area contributed by atoms with Gasteiger partial charge in [0, 0.05) is 18.7 Å². The van der Waals surface area contributed by atoms with Gasteiger partial charge in [-0.2, -0.15) is 5.10 Å². The number of carbonyl (C=O) groups excluding carboxylic acids is 2. The van der Waals surface area contributed by atoms with Crippen LogP contribution in [0.15, 0.2) is 42.7 Å². The first kappa shape index (κ1) is 16.9. The van der Waals surface area contributed by atoms with Gasteiger partial charge in [-0.3, -0.25) is 14.3 Å². The van der Waals surface area contributed by atoms with Crippen LogP contribution in [0.4, 0.5) is 0 Å². The molecule has 2 aromatic heterocycles. The minimum absolute atomic E-state index is 0.0575. The number of fused-ring (bicyclic) bond motifs is 1. The predicted molar refractivity (Wildman–Crippen MR) is 93.3 cm³/mol. The van der Waals surface area contributed by atoms with Crippen molar-refractivity contribution < 1.29 is 9.59 Å². The summed E-state index contributed by atoms with van der Waals surface area (Å²) >= 11 is 0. The number of carbonyl (C=O) groups is 2. The summed E-state index contributed by atoms with van der Waals surface area (Å²) in [6.07, 6.45) is 2.01. The highest BCUT2D eigenvalue weighted by Crippen LogP contribution is 2.16. The number of nitrogens with one attached hydrogen (secondary N) is 2. The third-order valence-electron chi connectivity index (χ3n) is 4.30. The number of hydrogen-bond acceptors (Lipinski definition) is 6. The van der Waals surface area contributed by atoms with Crippen LogP contribution in [0.3, 0.4) is 0 Å². The Labute approximate surface area is 154 Å². The molecule has 0 spiro atoms.